The molecule has 0 amide bonds. The lowest BCUT2D eigenvalue weighted by atomic mass is 10.1. The molecule has 1 N–H and O–H groups in total. The molecule has 0 aliphatic heterocycles. The van der Waals surface area contributed by atoms with E-state index in [1.165, 1.54) is 0 Å². The SMILES string of the molecule is CCOc1ccc(-c2nc(Cl)[nH]c2C)cc1. The Labute approximate surface area is 99.4 Å². The number of nitrogens with one attached hydrogen (secondary N) is 1. The van der Waals surface area contributed by atoms with Crippen LogP contribution >= 0.6 is 11.6 Å². The van der Waals surface area contributed by atoms with Crippen LogP contribution in [0.3, 0.4) is 0 Å². The number of ether oxygens (including phenoxy) is 1. The van der Waals surface area contributed by atoms with Gasteiger partial charge in [0.1, 0.15) is 5.75 Å². The maximum absolute atomic E-state index is 5.81. The summed E-state index contributed by atoms with van der Waals surface area (Å²) in [6.45, 7) is 4.59. The minimum absolute atomic E-state index is 0.418. The smallest absolute Gasteiger partial charge is 0.200 e. The summed E-state index contributed by atoms with van der Waals surface area (Å²) >= 11 is 5.81. The lowest BCUT2D eigenvalue weighted by molar-refractivity contribution is 0.340. The van der Waals surface area contributed by atoms with Gasteiger partial charge in [-0.15, -0.1) is 0 Å². The van der Waals surface area contributed by atoms with Crippen molar-refractivity contribution in [3.63, 3.8) is 0 Å². The average Bonchev–Trinajstić information content (AvgIpc) is 2.59. The molecule has 0 radical (unpaired) electrons. The summed E-state index contributed by atoms with van der Waals surface area (Å²) in [7, 11) is 0. The number of halogens is 1. The number of imidazole rings is 1. The number of benzene rings is 1. The molecule has 0 aliphatic rings. The van der Waals surface area contributed by atoms with E-state index in [0.717, 1.165) is 22.7 Å². The van der Waals surface area contributed by atoms with Crippen LogP contribution in [0, 0.1) is 6.92 Å². The van der Waals surface area contributed by atoms with E-state index in [-0.39, 0.29) is 0 Å². The Morgan fingerprint density at radius 1 is 1.31 bits per heavy atom. The molecule has 84 valence electrons. The maximum atomic E-state index is 5.81. The van der Waals surface area contributed by atoms with Gasteiger partial charge in [-0.1, -0.05) is 0 Å². The second kappa shape index (κ2) is 4.58. The van der Waals surface area contributed by atoms with Crippen LogP contribution < -0.4 is 4.74 Å². The van der Waals surface area contributed by atoms with Crippen LogP contribution in [0.1, 0.15) is 12.6 Å². The third kappa shape index (κ3) is 2.19. The molecule has 16 heavy (non-hydrogen) atoms. The molecule has 1 aromatic carbocycles. The van der Waals surface area contributed by atoms with Crippen LogP contribution in [0.15, 0.2) is 24.3 Å². The molecule has 4 heteroatoms. The van der Waals surface area contributed by atoms with Crippen LogP contribution in [-0.4, -0.2) is 16.6 Å². The van der Waals surface area contributed by atoms with Gasteiger partial charge in [-0.2, -0.15) is 0 Å². The second-order valence-corrected chi connectivity index (χ2v) is 3.82. The topological polar surface area (TPSA) is 37.9 Å². The summed E-state index contributed by atoms with van der Waals surface area (Å²) in [5.41, 5.74) is 2.88. The molecule has 0 aliphatic carbocycles. The third-order valence-electron chi connectivity index (χ3n) is 2.29. The Bertz CT molecular complexity index is 476. The molecule has 0 saturated heterocycles. The molecule has 2 rings (SSSR count). The number of aryl methyl sites for hydroxylation is 1. The van der Waals surface area contributed by atoms with Gasteiger partial charge in [-0.25, -0.2) is 4.98 Å². The van der Waals surface area contributed by atoms with Gasteiger partial charge >= 0.3 is 0 Å². The number of nitrogens with zero attached hydrogens (tertiary/aromatic N) is 1. The Morgan fingerprint density at radius 2 is 2.00 bits per heavy atom. The van der Waals surface area contributed by atoms with Crippen molar-refractivity contribution in [2.75, 3.05) is 6.61 Å². The molecule has 0 atom stereocenters. The molecule has 1 heterocycles. The van der Waals surface area contributed by atoms with E-state index in [0.29, 0.717) is 11.9 Å². The van der Waals surface area contributed by atoms with Gasteiger partial charge in [0.2, 0.25) is 5.28 Å². The molecule has 0 spiro atoms. The summed E-state index contributed by atoms with van der Waals surface area (Å²) in [6, 6.07) is 7.82. The summed E-state index contributed by atoms with van der Waals surface area (Å²) in [6.07, 6.45) is 0. The number of H-pyrrole nitrogens is 1. The van der Waals surface area contributed by atoms with Crippen LogP contribution in [0.2, 0.25) is 5.28 Å². The summed E-state index contributed by atoms with van der Waals surface area (Å²) in [4.78, 5) is 7.19. The monoisotopic (exact) mass is 236 g/mol. The quantitative estimate of drug-likeness (QED) is 0.887. The summed E-state index contributed by atoms with van der Waals surface area (Å²) in [5, 5.41) is 0.418. The minimum Gasteiger partial charge on any atom is -0.494 e. The van der Waals surface area contributed by atoms with Crippen molar-refractivity contribution in [3.05, 3.63) is 35.2 Å². The molecule has 1 aromatic heterocycles. The Balaban J connectivity index is 2.31. The largest absolute Gasteiger partial charge is 0.494 e. The van der Waals surface area contributed by atoms with Gasteiger partial charge in [-0.3, -0.25) is 0 Å². The number of aromatic nitrogens is 2. The van der Waals surface area contributed by atoms with E-state index in [4.69, 9.17) is 16.3 Å². The van der Waals surface area contributed by atoms with Crippen LogP contribution in [0.4, 0.5) is 0 Å². The van der Waals surface area contributed by atoms with Gasteiger partial charge in [0.15, 0.2) is 0 Å². The zero-order chi connectivity index (χ0) is 11.5. The molecule has 0 bridgehead atoms. The molecule has 3 nitrogen and oxygen atoms in total. The molecule has 2 aromatic rings. The van der Waals surface area contributed by atoms with Crippen LogP contribution in [-0.2, 0) is 0 Å². The number of rotatable bonds is 3. The Kier molecular flexibility index (Phi) is 3.15. The molecule has 0 fully saturated rings. The minimum atomic E-state index is 0.418. The fourth-order valence-corrected chi connectivity index (χ4v) is 1.81. The van der Waals surface area contributed by atoms with E-state index in [1.54, 1.807) is 0 Å². The van der Waals surface area contributed by atoms with Gasteiger partial charge in [0.25, 0.3) is 0 Å². The lowest BCUT2D eigenvalue weighted by Crippen LogP contribution is -1.90. The number of aromatic amines is 1. The lowest BCUT2D eigenvalue weighted by Gasteiger charge is -2.03. The fourth-order valence-electron chi connectivity index (χ4n) is 1.58. The van der Waals surface area contributed by atoms with E-state index in [1.807, 2.05) is 38.1 Å². The molecular weight excluding hydrogens is 224 g/mol. The van der Waals surface area contributed by atoms with Crippen molar-refractivity contribution in [2.45, 2.75) is 13.8 Å². The maximum Gasteiger partial charge on any atom is 0.200 e. The van der Waals surface area contributed by atoms with Crippen molar-refractivity contribution >= 4 is 11.6 Å². The third-order valence-corrected chi connectivity index (χ3v) is 2.47. The van der Waals surface area contributed by atoms with Crippen molar-refractivity contribution in [1.29, 1.82) is 0 Å². The number of hydrogen-bond donors (Lipinski definition) is 1. The van der Waals surface area contributed by atoms with Crippen molar-refractivity contribution in [2.24, 2.45) is 0 Å². The highest BCUT2D eigenvalue weighted by Crippen LogP contribution is 2.24. The van der Waals surface area contributed by atoms with Gasteiger partial charge in [0.05, 0.1) is 12.3 Å². The number of hydrogen-bond acceptors (Lipinski definition) is 2. The Morgan fingerprint density at radius 3 is 2.50 bits per heavy atom. The van der Waals surface area contributed by atoms with Crippen LogP contribution in [0.5, 0.6) is 5.75 Å². The van der Waals surface area contributed by atoms with Gasteiger partial charge in [-0.05, 0) is 49.7 Å². The predicted molar refractivity (Wildman–Crippen MR) is 64.9 cm³/mol. The summed E-state index contributed by atoms with van der Waals surface area (Å²) < 4.78 is 5.38. The van der Waals surface area contributed by atoms with Gasteiger partial charge < -0.3 is 9.72 Å². The standard InChI is InChI=1S/C12H13ClN2O/c1-3-16-10-6-4-9(5-7-10)11-8(2)14-12(13)15-11/h4-7H,3H2,1-2H3,(H,14,15). The first-order chi connectivity index (χ1) is 7.70. The highest BCUT2D eigenvalue weighted by atomic mass is 35.5. The predicted octanol–water partition coefficient (Wildman–Crippen LogP) is 3.44. The zero-order valence-corrected chi connectivity index (χ0v) is 10.0. The van der Waals surface area contributed by atoms with Crippen LogP contribution in [0.25, 0.3) is 11.3 Å². The van der Waals surface area contributed by atoms with Gasteiger partial charge in [0, 0.05) is 11.3 Å². The Hall–Kier alpha value is -1.48. The normalized spacial score (nSPS) is 10.4. The summed E-state index contributed by atoms with van der Waals surface area (Å²) in [5.74, 6) is 0.866. The highest BCUT2D eigenvalue weighted by molar-refractivity contribution is 6.28. The van der Waals surface area contributed by atoms with Crippen molar-refractivity contribution in [1.82, 2.24) is 9.97 Å². The average molecular weight is 237 g/mol. The second-order valence-electron chi connectivity index (χ2n) is 3.46. The first kappa shape index (κ1) is 11.0. The molecular formula is C12H13ClN2O. The first-order valence-electron chi connectivity index (χ1n) is 5.16. The van der Waals surface area contributed by atoms with Crippen molar-refractivity contribution in [3.8, 4) is 17.0 Å². The molecule has 0 saturated carbocycles. The van der Waals surface area contributed by atoms with Crippen molar-refractivity contribution < 1.29 is 4.74 Å². The van der Waals surface area contributed by atoms with E-state index < -0.39 is 0 Å². The molecule has 0 unspecified atom stereocenters. The first-order valence-corrected chi connectivity index (χ1v) is 5.54. The fraction of sp³-hybridized carbons (Fsp3) is 0.250. The zero-order valence-electron chi connectivity index (χ0n) is 9.25. The van der Waals surface area contributed by atoms with E-state index in [2.05, 4.69) is 9.97 Å². The van der Waals surface area contributed by atoms with E-state index in [9.17, 15) is 0 Å². The highest BCUT2D eigenvalue weighted by Gasteiger charge is 2.07. The van der Waals surface area contributed by atoms with E-state index >= 15 is 0 Å².